The molecule has 3 aromatic rings. The van der Waals surface area contributed by atoms with Crippen molar-refractivity contribution in [2.45, 2.75) is 19.2 Å². The predicted molar refractivity (Wildman–Crippen MR) is 98.2 cm³/mol. The maximum absolute atomic E-state index is 13.7. The van der Waals surface area contributed by atoms with Crippen LogP contribution in [0.25, 0.3) is 10.6 Å². The van der Waals surface area contributed by atoms with Gasteiger partial charge in [0.15, 0.2) is 0 Å². The number of aryl methyl sites for hydroxylation is 1. The van der Waals surface area contributed by atoms with E-state index in [0.717, 1.165) is 16.3 Å². The molecule has 2 aromatic heterocycles. The molecule has 0 bridgehead atoms. The van der Waals surface area contributed by atoms with Crippen molar-refractivity contribution in [3.63, 3.8) is 0 Å². The van der Waals surface area contributed by atoms with Gasteiger partial charge in [-0.2, -0.15) is 17.7 Å². The average Bonchev–Trinajstić information content (AvgIpc) is 3.19. The van der Waals surface area contributed by atoms with Gasteiger partial charge in [0, 0.05) is 24.4 Å². The van der Waals surface area contributed by atoms with E-state index in [1.54, 1.807) is 12.1 Å². The Balaban J connectivity index is 1.85. The second-order valence-corrected chi connectivity index (χ2v) is 6.76. The van der Waals surface area contributed by atoms with Crippen LogP contribution in [0.3, 0.4) is 0 Å². The molecule has 136 valence electrons. The smallest absolute Gasteiger partial charge is 0.262 e. The summed E-state index contributed by atoms with van der Waals surface area (Å²) in [7, 11) is 0. The third-order valence-electron chi connectivity index (χ3n) is 3.62. The number of hydrogen-bond donors (Lipinski definition) is 2. The molecule has 3 rings (SSSR count). The Morgan fingerprint density at radius 2 is 1.92 bits per heavy atom. The van der Waals surface area contributed by atoms with Gasteiger partial charge < -0.3 is 5.32 Å². The van der Waals surface area contributed by atoms with Crippen molar-refractivity contribution in [1.29, 1.82) is 0 Å². The number of anilines is 1. The maximum atomic E-state index is 13.7. The Kier molecular flexibility index (Phi) is 5.38. The molecule has 26 heavy (non-hydrogen) atoms. The van der Waals surface area contributed by atoms with Crippen molar-refractivity contribution >= 4 is 34.9 Å². The molecule has 0 aliphatic rings. The van der Waals surface area contributed by atoms with Gasteiger partial charge in [0.1, 0.15) is 23.0 Å². The number of thiophene rings is 1. The van der Waals surface area contributed by atoms with Crippen LogP contribution in [0.4, 0.5) is 18.2 Å². The monoisotopic (exact) mass is 397 g/mol. The van der Waals surface area contributed by atoms with Crippen LogP contribution < -0.4 is 5.32 Å². The summed E-state index contributed by atoms with van der Waals surface area (Å²) >= 11 is 5.45. The van der Waals surface area contributed by atoms with Crippen molar-refractivity contribution < 1.29 is 18.0 Å². The van der Waals surface area contributed by atoms with Gasteiger partial charge >= 0.3 is 0 Å². The molecule has 0 aliphatic carbocycles. The lowest BCUT2D eigenvalue weighted by atomic mass is 10.2. The summed E-state index contributed by atoms with van der Waals surface area (Å²) < 4.78 is 42.2. The fraction of sp³-hybridized carbons (Fsp3) is 0.176. The van der Waals surface area contributed by atoms with Gasteiger partial charge in [0.2, 0.25) is 0 Å². The first kappa shape index (κ1) is 18.5. The van der Waals surface area contributed by atoms with Gasteiger partial charge in [0.25, 0.3) is 5.91 Å². The molecule has 1 N–H and O–H groups in total. The Hall–Kier alpha value is -2.26. The molecule has 0 saturated carbocycles. The SMILES string of the molecule is CCn1nc(CS)cc1-c1ccc(NC(=O)c2c(F)cc(F)cc2F)s1. The highest BCUT2D eigenvalue weighted by Gasteiger charge is 2.20. The number of carbonyl (C=O) groups is 1. The van der Waals surface area contributed by atoms with Crippen LogP contribution >= 0.6 is 24.0 Å². The second kappa shape index (κ2) is 7.55. The van der Waals surface area contributed by atoms with Gasteiger partial charge in [-0.3, -0.25) is 9.48 Å². The van der Waals surface area contributed by atoms with Gasteiger partial charge in [-0.1, -0.05) is 0 Å². The molecule has 2 heterocycles. The van der Waals surface area contributed by atoms with E-state index in [9.17, 15) is 18.0 Å². The highest BCUT2D eigenvalue weighted by Crippen LogP contribution is 2.32. The Bertz CT molecular complexity index is 945. The number of thiol groups is 1. The highest BCUT2D eigenvalue weighted by molar-refractivity contribution is 7.79. The number of hydrogen-bond acceptors (Lipinski definition) is 4. The average molecular weight is 397 g/mol. The van der Waals surface area contributed by atoms with Crippen LogP contribution in [-0.4, -0.2) is 15.7 Å². The molecule has 0 fully saturated rings. The van der Waals surface area contributed by atoms with Crippen LogP contribution in [0.15, 0.2) is 30.3 Å². The van der Waals surface area contributed by atoms with Gasteiger partial charge in [0.05, 0.1) is 21.3 Å². The number of carbonyl (C=O) groups excluding carboxylic acids is 1. The zero-order valence-corrected chi connectivity index (χ0v) is 15.3. The molecule has 9 heteroatoms. The Labute approximate surface area is 157 Å². The van der Waals surface area contributed by atoms with E-state index >= 15 is 0 Å². The van der Waals surface area contributed by atoms with Gasteiger partial charge in [-0.05, 0) is 25.1 Å². The normalized spacial score (nSPS) is 11.0. The fourth-order valence-corrected chi connectivity index (χ4v) is 3.54. The summed E-state index contributed by atoms with van der Waals surface area (Å²) in [5.41, 5.74) is 0.859. The van der Waals surface area contributed by atoms with E-state index in [4.69, 9.17) is 0 Å². The number of amides is 1. The fourth-order valence-electron chi connectivity index (χ4n) is 2.46. The molecule has 0 radical (unpaired) electrons. The standard InChI is InChI=1S/C17H14F3N3OS2/c1-2-23-13(7-10(8-25)22-23)14-3-4-15(26-14)21-17(24)16-11(19)5-9(18)6-12(16)20/h3-7,25H,2,8H2,1H3,(H,21,24). The third-order valence-corrected chi connectivity index (χ3v) is 4.97. The van der Waals surface area contributed by atoms with Crippen LogP contribution in [0, 0.1) is 17.5 Å². The van der Waals surface area contributed by atoms with E-state index in [1.165, 1.54) is 11.3 Å². The molecule has 4 nitrogen and oxygen atoms in total. The Morgan fingerprint density at radius 1 is 1.23 bits per heavy atom. The van der Waals surface area contributed by atoms with Crippen LogP contribution in [0.2, 0.25) is 0 Å². The molecular formula is C17H14F3N3OS2. The minimum absolute atomic E-state index is 0.407. The van der Waals surface area contributed by atoms with Crippen molar-refractivity contribution in [3.8, 4) is 10.6 Å². The van der Waals surface area contributed by atoms with Crippen molar-refractivity contribution in [2.24, 2.45) is 0 Å². The van der Waals surface area contributed by atoms with Crippen LogP contribution in [0.1, 0.15) is 23.0 Å². The number of rotatable bonds is 5. The lowest BCUT2D eigenvalue weighted by Gasteiger charge is -2.05. The van der Waals surface area contributed by atoms with E-state index in [0.29, 0.717) is 29.4 Å². The van der Waals surface area contributed by atoms with Crippen LogP contribution in [-0.2, 0) is 12.3 Å². The summed E-state index contributed by atoms with van der Waals surface area (Å²) in [5, 5.41) is 7.24. The van der Waals surface area contributed by atoms with E-state index < -0.39 is 28.9 Å². The minimum atomic E-state index is -1.25. The summed E-state index contributed by atoms with van der Waals surface area (Å²) in [6, 6.07) is 6.24. The second-order valence-electron chi connectivity index (χ2n) is 5.36. The maximum Gasteiger partial charge on any atom is 0.262 e. The molecule has 0 saturated heterocycles. The molecule has 0 aliphatic heterocycles. The molecule has 0 spiro atoms. The summed E-state index contributed by atoms with van der Waals surface area (Å²) in [6.45, 7) is 2.61. The molecule has 1 amide bonds. The largest absolute Gasteiger partial charge is 0.313 e. The number of aromatic nitrogens is 2. The zero-order valence-electron chi connectivity index (χ0n) is 13.6. The Morgan fingerprint density at radius 3 is 2.54 bits per heavy atom. The van der Waals surface area contributed by atoms with Crippen molar-refractivity contribution in [1.82, 2.24) is 9.78 Å². The molecular weight excluding hydrogens is 383 g/mol. The topological polar surface area (TPSA) is 46.9 Å². The molecule has 1 aromatic carbocycles. The van der Waals surface area contributed by atoms with E-state index in [1.807, 2.05) is 17.7 Å². The number of benzene rings is 1. The lowest BCUT2D eigenvalue weighted by molar-refractivity contribution is 0.101. The number of halogens is 3. The van der Waals surface area contributed by atoms with Gasteiger partial charge in [-0.15, -0.1) is 11.3 Å². The van der Waals surface area contributed by atoms with Crippen LogP contribution in [0.5, 0.6) is 0 Å². The minimum Gasteiger partial charge on any atom is -0.313 e. The third kappa shape index (κ3) is 3.63. The molecule has 0 unspecified atom stereocenters. The first-order chi connectivity index (χ1) is 12.4. The van der Waals surface area contributed by atoms with E-state index in [2.05, 4.69) is 23.0 Å². The van der Waals surface area contributed by atoms with E-state index in [-0.39, 0.29) is 0 Å². The number of nitrogens with one attached hydrogen (secondary N) is 1. The van der Waals surface area contributed by atoms with Crippen molar-refractivity contribution in [2.75, 3.05) is 5.32 Å². The quantitative estimate of drug-likeness (QED) is 0.612. The first-order valence-electron chi connectivity index (χ1n) is 7.66. The lowest BCUT2D eigenvalue weighted by Crippen LogP contribution is -2.15. The van der Waals surface area contributed by atoms with Crippen molar-refractivity contribution in [3.05, 3.63) is 59.0 Å². The number of nitrogens with zero attached hydrogens (tertiary/aromatic N) is 2. The van der Waals surface area contributed by atoms with Gasteiger partial charge in [-0.25, -0.2) is 13.2 Å². The molecule has 0 atom stereocenters. The zero-order chi connectivity index (χ0) is 18.8. The highest BCUT2D eigenvalue weighted by atomic mass is 32.1. The first-order valence-corrected chi connectivity index (χ1v) is 9.11. The predicted octanol–water partition coefficient (Wildman–Crippen LogP) is 4.73. The summed E-state index contributed by atoms with van der Waals surface area (Å²) in [4.78, 5) is 13.0. The summed E-state index contributed by atoms with van der Waals surface area (Å²) in [5.74, 6) is -4.06. The summed E-state index contributed by atoms with van der Waals surface area (Å²) in [6.07, 6.45) is 0.